The van der Waals surface area contributed by atoms with Crippen molar-refractivity contribution in [2.45, 2.75) is 65.0 Å². The van der Waals surface area contributed by atoms with Crippen LogP contribution in [0.5, 0.6) is 5.75 Å². The van der Waals surface area contributed by atoms with Gasteiger partial charge in [0, 0.05) is 12.1 Å². The van der Waals surface area contributed by atoms with Gasteiger partial charge in [-0.3, -0.25) is 19.5 Å². The topological polar surface area (TPSA) is 161 Å². The number of phenols is 1. The van der Waals surface area contributed by atoms with Gasteiger partial charge in [-0.25, -0.2) is 0 Å². The van der Waals surface area contributed by atoms with E-state index in [0.717, 1.165) is 43.2 Å². The molecule has 4 atom stereocenters. The molecule has 0 unspecified atom stereocenters. The molecule has 0 saturated carbocycles. The number of phenolic OH excluding ortho intramolecular Hbond substituents is 1. The molecule has 0 radical (unpaired) electrons. The fourth-order valence-corrected chi connectivity index (χ4v) is 14.2. The molecule has 10 nitrogen and oxygen atoms in total. The van der Waals surface area contributed by atoms with Crippen LogP contribution in [0.25, 0.3) is 11.6 Å². The van der Waals surface area contributed by atoms with Crippen LogP contribution in [-0.4, -0.2) is 76.9 Å². The molecule has 320 valence electrons. The smallest absolute Gasteiger partial charge is 0.488 e. The van der Waals surface area contributed by atoms with Crippen LogP contribution < -0.4 is 20.7 Å². The van der Waals surface area contributed by atoms with Gasteiger partial charge in [0.1, 0.15) is 5.75 Å². The van der Waals surface area contributed by atoms with Crippen LogP contribution >= 0.6 is 0 Å². The average molecular weight is 851 g/mol. The first-order valence-electron chi connectivity index (χ1n) is 21.2. The van der Waals surface area contributed by atoms with Gasteiger partial charge in [0.15, 0.2) is 0 Å². The number of fused-ring (bicyclic) bond motifs is 1. The van der Waals surface area contributed by atoms with Crippen LogP contribution in [-0.2, 0) is 14.0 Å². The number of hydrogen-bond donors (Lipinski definition) is 5. The van der Waals surface area contributed by atoms with Crippen LogP contribution in [0.15, 0.2) is 133 Å². The number of benzene rings is 4. The third-order valence-electron chi connectivity index (χ3n) is 12.6. The Bertz CT molecular complexity index is 2410. The van der Waals surface area contributed by atoms with Crippen LogP contribution in [0.3, 0.4) is 0 Å². The summed E-state index contributed by atoms with van der Waals surface area (Å²) in [5, 5.41) is 56.0. The van der Waals surface area contributed by atoms with Crippen molar-refractivity contribution < 1.29 is 39.4 Å². The molecule has 4 aromatic carbocycles. The quantitative estimate of drug-likeness (QED) is 0.0556. The Kier molecular flexibility index (Phi) is 13.3. The number of carbonyl (C=O) groups is 2. The minimum atomic E-state index is -3.14. The first-order valence-corrected chi connectivity index (χ1v) is 23.1. The van der Waals surface area contributed by atoms with Gasteiger partial charge in [0.05, 0.1) is 42.5 Å². The number of amides is 2. The number of imide groups is 1. The highest BCUT2D eigenvalue weighted by Crippen LogP contribution is 2.48. The monoisotopic (exact) mass is 850 g/mol. The molecule has 2 heterocycles. The zero-order valence-electron chi connectivity index (χ0n) is 35.9. The van der Waals surface area contributed by atoms with Crippen LogP contribution in [0, 0.1) is 31.6 Å². The number of rotatable bonds is 14. The van der Waals surface area contributed by atoms with E-state index >= 15 is 0 Å². The van der Waals surface area contributed by atoms with Crippen LogP contribution in [0.1, 0.15) is 62.4 Å². The lowest BCUT2D eigenvalue weighted by molar-refractivity contribution is -0.123. The molecule has 1 aliphatic carbocycles. The summed E-state index contributed by atoms with van der Waals surface area (Å²) in [5.74, 6) is -3.50. The summed E-state index contributed by atoms with van der Waals surface area (Å²) in [6.45, 7) is 9.76. The largest absolute Gasteiger partial charge is 0.507 e. The second-order valence-electron chi connectivity index (χ2n) is 17.6. The molecule has 62 heavy (non-hydrogen) atoms. The Labute approximate surface area is 365 Å². The molecule has 5 aromatic rings. The Balaban J connectivity index is 1.32. The van der Waals surface area contributed by atoms with Crippen molar-refractivity contribution in [1.82, 2.24) is 4.98 Å². The number of carbonyl (C=O) groups excluding carboxylic acids is 2. The number of pyridine rings is 1. The highest BCUT2D eigenvalue weighted by molar-refractivity contribution is 6.99. The molecular weight excluding hydrogens is 795 g/mol. The lowest BCUT2D eigenvalue weighted by atomic mass is 9.68. The van der Waals surface area contributed by atoms with E-state index in [1.807, 2.05) is 86.7 Å². The predicted molar refractivity (Wildman–Crippen MR) is 246 cm³/mol. The van der Waals surface area contributed by atoms with Gasteiger partial charge in [0.25, 0.3) is 8.32 Å². The van der Waals surface area contributed by atoms with E-state index in [4.69, 9.17) is 4.43 Å². The van der Waals surface area contributed by atoms with Gasteiger partial charge in [-0.2, -0.15) is 0 Å². The summed E-state index contributed by atoms with van der Waals surface area (Å²) >= 11 is 0. The number of aliphatic hydroxyl groups excluding tert-OH is 2. The summed E-state index contributed by atoms with van der Waals surface area (Å²) in [4.78, 5) is 34.7. The molecule has 1 saturated heterocycles. The van der Waals surface area contributed by atoms with E-state index in [1.165, 1.54) is 12.1 Å². The lowest BCUT2D eigenvalue weighted by Crippen LogP contribution is -2.66. The Morgan fingerprint density at radius 3 is 2.08 bits per heavy atom. The van der Waals surface area contributed by atoms with Crippen LogP contribution in [0.2, 0.25) is 5.04 Å². The number of aliphatic hydroxyl groups is 2. The standard InChI is InChI=1S/C50H55BN2O8Si/c1-32-25-34(26-33(2)47(32)56)27-35(43-21-12-13-24-52-43)22-23-44(55)45-36(31-61-62(50(3,4)5,39-17-8-6-9-18-39)40-19-10-7-11-20-40)28-41-46(42(45)30-54)49(58)53(48(41)57)38-16-14-15-37(29-38)51(59)60/h6-21,24-27,29,41-42,44,46,54-56,59-60H,22-23,28,30-31H2,1-5H3/b35-27-/t41-,42+,44-,46-/m1/s1. The van der Waals surface area contributed by atoms with Crippen LogP contribution in [0.4, 0.5) is 5.69 Å². The minimum Gasteiger partial charge on any atom is -0.507 e. The minimum absolute atomic E-state index is 0.0437. The maximum atomic E-state index is 14.5. The third kappa shape index (κ3) is 8.63. The van der Waals surface area contributed by atoms with E-state index in [0.29, 0.717) is 17.6 Å². The number of hydrogen-bond acceptors (Lipinski definition) is 9. The maximum Gasteiger partial charge on any atom is 0.488 e. The van der Waals surface area contributed by atoms with Crippen molar-refractivity contribution >= 4 is 60.4 Å². The second-order valence-corrected chi connectivity index (χ2v) is 21.9. The molecular formula is C50H55BN2O8Si. The number of aromatic nitrogens is 1. The molecule has 7 rings (SSSR count). The highest BCUT2D eigenvalue weighted by atomic mass is 28.4. The molecule has 5 N–H and O–H groups in total. The van der Waals surface area contributed by atoms with Crippen molar-refractivity contribution in [2.75, 3.05) is 18.1 Å². The fraction of sp³-hybridized carbons (Fsp3) is 0.300. The maximum absolute atomic E-state index is 14.5. The summed E-state index contributed by atoms with van der Waals surface area (Å²) < 4.78 is 7.43. The van der Waals surface area contributed by atoms with E-state index < -0.39 is 57.7 Å². The molecule has 12 heteroatoms. The summed E-state index contributed by atoms with van der Waals surface area (Å²) in [5.41, 5.74) is 5.39. The third-order valence-corrected chi connectivity index (χ3v) is 17.6. The van der Waals surface area contributed by atoms with Crippen molar-refractivity contribution in [3.05, 3.63) is 155 Å². The Morgan fingerprint density at radius 1 is 0.887 bits per heavy atom. The number of nitrogens with zero attached hydrogens (tertiary/aromatic N) is 2. The normalized spacial score (nSPS) is 18.9. The molecule has 1 fully saturated rings. The SMILES string of the molecule is Cc1cc(/C=C(/CC[C@@H](O)C2=C(CO[Si](c3ccccc3)(c3ccccc3)C(C)(C)C)C[C@H]3C(=O)N(c4cccc(B(O)O)c4)C(=O)[C@H]3[C@H]2CO)c2ccccn2)cc(C)c1O. The van der Waals surface area contributed by atoms with E-state index in [9.17, 15) is 35.0 Å². The molecule has 2 amide bonds. The highest BCUT2D eigenvalue weighted by Gasteiger charge is 2.56. The summed E-state index contributed by atoms with van der Waals surface area (Å²) in [6.07, 6.45) is 3.25. The summed E-state index contributed by atoms with van der Waals surface area (Å²) in [7, 11) is -4.95. The second kappa shape index (κ2) is 18.5. The lowest BCUT2D eigenvalue weighted by Gasteiger charge is -2.44. The predicted octanol–water partition coefficient (Wildman–Crippen LogP) is 5.46. The van der Waals surface area contributed by atoms with E-state index in [-0.39, 0.29) is 41.4 Å². The van der Waals surface area contributed by atoms with Gasteiger partial charge >= 0.3 is 7.12 Å². The first kappa shape index (κ1) is 44.6. The van der Waals surface area contributed by atoms with Crippen molar-refractivity contribution in [3.8, 4) is 5.75 Å². The van der Waals surface area contributed by atoms with Gasteiger partial charge in [0.2, 0.25) is 11.8 Å². The summed E-state index contributed by atoms with van der Waals surface area (Å²) in [6, 6.07) is 35.8. The number of aryl methyl sites for hydroxylation is 2. The first-order chi connectivity index (χ1) is 29.7. The van der Waals surface area contributed by atoms with E-state index in [2.05, 4.69) is 50.0 Å². The Hall–Kier alpha value is -5.47. The van der Waals surface area contributed by atoms with Gasteiger partial charge < -0.3 is 29.8 Å². The molecule has 0 bridgehead atoms. The Morgan fingerprint density at radius 2 is 1.52 bits per heavy atom. The molecule has 0 spiro atoms. The van der Waals surface area contributed by atoms with Gasteiger partial charge in [-0.1, -0.05) is 99.6 Å². The fourth-order valence-electron chi connectivity index (χ4n) is 9.68. The van der Waals surface area contributed by atoms with Gasteiger partial charge in [-0.05, 0) is 130 Å². The molecule has 2 aliphatic rings. The van der Waals surface area contributed by atoms with Crippen molar-refractivity contribution in [3.63, 3.8) is 0 Å². The number of allylic oxidation sites excluding steroid dienone is 1. The zero-order chi connectivity index (χ0) is 44.3. The van der Waals surface area contributed by atoms with E-state index in [1.54, 1.807) is 18.3 Å². The average Bonchev–Trinajstić information content (AvgIpc) is 3.52. The number of anilines is 1. The van der Waals surface area contributed by atoms with Gasteiger partial charge in [-0.15, -0.1) is 0 Å². The van der Waals surface area contributed by atoms with Crippen molar-refractivity contribution in [1.29, 1.82) is 0 Å². The molecule has 1 aromatic heterocycles. The van der Waals surface area contributed by atoms with Crippen molar-refractivity contribution in [2.24, 2.45) is 17.8 Å². The molecule has 1 aliphatic heterocycles. The number of aromatic hydroxyl groups is 1. The zero-order valence-corrected chi connectivity index (χ0v) is 36.9.